The van der Waals surface area contributed by atoms with Crippen molar-refractivity contribution >= 4 is 16.0 Å². The summed E-state index contributed by atoms with van der Waals surface area (Å²) in [6.45, 7) is 1.38. The third kappa shape index (κ3) is 2.15. The van der Waals surface area contributed by atoms with Gasteiger partial charge in [0.25, 0.3) is 0 Å². The van der Waals surface area contributed by atoms with E-state index in [0.29, 0.717) is 12.8 Å². The van der Waals surface area contributed by atoms with Gasteiger partial charge in [-0.2, -0.15) is 4.31 Å². The lowest BCUT2D eigenvalue weighted by molar-refractivity contribution is -0.139. The molecule has 0 aromatic rings. The number of rotatable bonds is 3. The number of sulfonamides is 1. The van der Waals surface area contributed by atoms with Crippen LogP contribution in [0.25, 0.3) is 0 Å². The zero-order chi connectivity index (χ0) is 13.5. The van der Waals surface area contributed by atoms with E-state index in [4.69, 9.17) is 5.73 Å². The van der Waals surface area contributed by atoms with Gasteiger partial charge in [-0.25, -0.2) is 8.42 Å². The molecule has 2 rings (SSSR count). The average Bonchev–Trinajstić information content (AvgIpc) is 2.61. The first-order chi connectivity index (χ1) is 8.37. The summed E-state index contributed by atoms with van der Waals surface area (Å²) in [6.07, 6.45) is 3.05. The molecule has 6 nitrogen and oxygen atoms in total. The second kappa shape index (κ2) is 4.79. The fourth-order valence-electron chi connectivity index (χ4n) is 3.06. The Morgan fingerprint density at radius 3 is 2.28 bits per heavy atom. The molecule has 2 bridgehead atoms. The molecule has 2 N–H and O–H groups in total. The Labute approximate surface area is 108 Å². The minimum atomic E-state index is -3.63. The number of ether oxygens (including phenoxy) is 1. The van der Waals surface area contributed by atoms with Crippen LogP contribution in [0.1, 0.15) is 32.6 Å². The number of nitrogens with two attached hydrogens (primary N) is 1. The first-order valence-electron chi connectivity index (χ1n) is 6.23. The lowest BCUT2D eigenvalue weighted by atomic mass is 10.0. The maximum Gasteiger partial charge on any atom is 0.325 e. The van der Waals surface area contributed by atoms with Crippen LogP contribution in [-0.4, -0.2) is 49.2 Å². The van der Waals surface area contributed by atoms with Gasteiger partial charge in [-0.1, -0.05) is 0 Å². The molecular formula is C11H20N2O4S. The van der Waals surface area contributed by atoms with Crippen LogP contribution in [-0.2, 0) is 19.6 Å². The topological polar surface area (TPSA) is 89.7 Å². The zero-order valence-corrected chi connectivity index (χ0v) is 11.5. The number of carbonyl (C=O) groups is 1. The highest BCUT2D eigenvalue weighted by Gasteiger charge is 2.49. The first kappa shape index (κ1) is 13.8. The molecule has 2 saturated heterocycles. The highest BCUT2D eigenvalue weighted by Crippen LogP contribution is 2.38. The molecule has 18 heavy (non-hydrogen) atoms. The van der Waals surface area contributed by atoms with Gasteiger partial charge in [0.2, 0.25) is 10.0 Å². The van der Waals surface area contributed by atoms with Crippen LogP contribution < -0.4 is 5.73 Å². The third-order valence-corrected chi connectivity index (χ3v) is 6.25. The van der Waals surface area contributed by atoms with Crippen molar-refractivity contribution in [2.24, 2.45) is 5.73 Å². The summed E-state index contributed by atoms with van der Waals surface area (Å²) in [7, 11) is -2.43. The van der Waals surface area contributed by atoms with Crippen LogP contribution in [0, 0.1) is 0 Å². The van der Waals surface area contributed by atoms with E-state index in [2.05, 4.69) is 4.74 Å². The Balaban J connectivity index is 2.24. The number of hydrogen-bond donors (Lipinski definition) is 1. The minimum Gasteiger partial charge on any atom is -0.468 e. The zero-order valence-electron chi connectivity index (χ0n) is 10.7. The van der Waals surface area contributed by atoms with Crippen LogP contribution in [0.5, 0.6) is 0 Å². The standard InChI is InChI=1S/C11H20N2O4S/c1-7(11(14)17-2)18(15,16)13-9-3-4-10(13)6-8(12)5-9/h7-10H,3-6,12H2,1-2H3. The summed E-state index contributed by atoms with van der Waals surface area (Å²) in [5, 5.41) is -1.14. The molecule has 3 atom stereocenters. The Kier molecular flexibility index (Phi) is 3.66. The number of nitrogens with zero attached hydrogens (tertiary/aromatic N) is 1. The lowest BCUT2D eigenvalue weighted by Crippen LogP contribution is -2.53. The smallest absolute Gasteiger partial charge is 0.325 e. The molecule has 3 unspecified atom stereocenters. The molecule has 0 amide bonds. The highest BCUT2D eigenvalue weighted by atomic mass is 32.2. The van der Waals surface area contributed by atoms with E-state index in [0.717, 1.165) is 12.8 Å². The van der Waals surface area contributed by atoms with Gasteiger partial charge in [0.1, 0.15) is 0 Å². The summed E-state index contributed by atoms with van der Waals surface area (Å²) >= 11 is 0. The van der Waals surface area contributed by atoms with E-state index in [1.807, 2.05) is 0 Å². The summed E-state index contributed by atoms with van der Waals surface area (Å²) in [5.74, 6) is -0.704. The van der Waals surface area contributed by atoms with Gasteiger partial charge in [-0.3, -0.25) is 4.79 Å². The number of methoxy groups -OCH3 is 1. The fourth-order valence-corrected chi connectivity index (χ4v) is 4.98. The molecular weight excluding hydrogens is 256 g/mol. The number of piperidine rings is 1. The van der Waals surface area contributed by atoms with Crippen molar-refractivity contribution in [3.63, 3.8) is 0 Å². The van der Waals surface area contributed by atoms with Crippen LogP contribution >= 0.6 is 0 Å². The van der Waals surface area contributed by atoms with E-state index < -0.39 is 21.2 Å². The Morgan fingerprint density at radius 1 is 1.33 bits per heavy atom. The third-order valence-electron chi connectivity index (χ3n) is 3.98. The summed E-state index contributed by atoms with van der Waals surface area (Å²) in [6, 6.07) is -0.0194. The minimum absolute atomic E-state index is 0.0455. The van der Waals surface area contributed by atoms with Crippen LogP contribution in [0.3, 0.4) is 0 Å². The van der Waals surface area contributed by atoms with E-state index in [9.17, 15) is 13.2 Å². The first-order valence-corrected chi connectivity index (χ1v) is 7.74. The highest BCUT2D eigenvalue weighted by molar-refractivity contribution is 7.90. The lowest BCUT2D eigenvalue weighted by Gasteiger charge is -2.37. The van der Waals surface area contributed by atoms with Crippen molar-refractivity contribution in [1.82, 2.24) is 4.31 Å². The Morgan fingerprint density at radius 2 is 1.83 bits per heavy atom. The molecule has 0 spiro atoms. The van der Waals surface area contributed by atoms with Gasteiger partial charge in [0.15, 0.2) is 5.25 Å². The molecule has 0 aromatic carbocycles. The van der Waals surface area contributed by atoms with E-state index in [1.165, 1.54) is 18.3 Å². The van der Waals surface area contributed by atoms with Gasteiger partial charge in [-0.05, 0) is 32.6 Å². The van der Waals surface area contributed by atoms with Crippen LogP contribution in [0.4, 0.5) is 0 Å². The number of fused-ring (bicyclic) bond motifs is 2. The van der Waals surface area contributed by atoms with E-state index in [1.54, 1.807) is 0 Å². The maximum absolute atomic E-state index is 12.4. The molecule has 104 valence electrons. The van der Waals surface area contributed by atoms with Gasteiger partial charge in [0.05, 0.1) is 7.11 Å². The quantitative estimate of drug-likeness (QED) is 0.723. The normalized spacial score (nSPS) is 34.3. The van der Waals surface area contributed by atoms with Crippen molar-refractivity contribution in [2.75, 3.05) is 7.11 Å². The second-order valence-electron chi connectivity index (χ2n) is 5.16. The number of carbonyl (C=O) groups excluding carboxylic acids is 1. The molecule has 0 saturated carbocycles. The van der Waals surface area contributed by atoms with E-state index >= 15 is 0 Å². The Hall–Kier alpha value is -0.660. The molecule has 7 heteroatoms. The van der Waals surface area contributed by atoms with Crippen molar-refractivity contribution in [2.45, 2.75) is 56.0 Å². The van der Waals surface area contributed by atoms with Crippen LogP contribution in [0.15, 0.2) is 0 Å². The van der Waals surface area contributed by atoms with Crippen molar-refractivity contribution in [3.8, 4) is 0 Å². The summed E-state index contributed by atoms with van der Waals surface area (Å²) in [5.41, 5.74) is 5.91. The van der Waals surface area contributed by atoms with Gasteiger partial charge >= 0.3 is 5.97 Å². The second-order valence-corrected chi connectivity index (χ2v) is 7.32. The van der Waals surface area contributed by atoms with Crippen molar-refractivity contribution in [3.05, 3.63) is 0 Å². The molecule has 2 aliphatic heterocycles. The maximum atomic E-state index is 12.4. The molecule has 2 fully saturated rings. The van der Waals surface area contributed by atoms with Gasteiger partial charge in [-0.15, -0.1) is 0 Å². The van der Waals surface area contributed by atoms with Gasteiger partial charge in [0, 0.05) is 18.1 Å². The molecule has 2 aliphatic rings. The average molecular weight is 276 g/mol. The van der Waals surface area contributed by atoms with Crippen LogP contribution in [0.2, 0.25) is 0 Å². The van der Waals surface area contributed by atoms with E-state index in [-0.39, 0.29) is 18.1 Å². The molecule has 0 radical (unpaired) electrons. The predicted molar refractivity (Wildman–Crippen MR) is 66.3 cm³/mol. The predicted octanol–water partition coefficient (Wildman–Crippen LogP) is -0.168. The number of hydrogen-bond acceptors (Lipinski definition) is 5. The largest absolute Gasteiger partial charge is 0.468 e. The van der Waals surface area contributed by atoms with Gasteiger partial charge < -0.3 is 10.5 Å². The monoisotopic (exact) mass is 276 g/mol. The van der Waals surface area contributed by atoms with Crippen molar-refractivity contribution in [1.29, 1.82) is 0 Å². The summed E-state index contributed by atoms with van der Waals surface area (Å²) < 4.78 is 30.9. The summed E-state index contributed by atoms with van der Waals surface area (Å²) in [4.78, 5) is 11.4. The Bertz CT molecular complexity index is 422. The SMILES string of the molecule is COC(=O)C(C)S(=O)(=O)N1C2CCC1CC(N)C2. The number of esters is 1. The molecule has 2 heterocycles. The fraction of sp³-hybridized carbons (Fsp3) is 0.909. The molecule has 0 aromatic heterocycles. The molecule has 0 aliphatic carbocycles. The van der Waals surface area contributed by atoms with Crippen molar-refractivity contribution < 1.29 is 17.9 Å².